The lowest BCUT2D eigenvalue weighted by Crippen LogP contribution is -1.99. The quantitative estimate of drug-likeness (QED) is 0.710. The normalized spacial score (nSPS) is 11.2. The van der Waals surface area contributed by atoms with Crippen LogP contribution in [0.1, 0.15) is 5.69 Å². The Balaban J connectivity index is 2.47. The fourth-order valence-corrected chi connectivity index (χ4v) is 2.12. The molecule has 0 atom stereocenters. The zero-order chi connectivity index (χ0) is 11.8. The molecule has 3 aromatic rings. The van der Waals surface area contributed by atoms with Crippen LogP contribution in [0.15, 0.2) is 30.5 Å². The Kier molecular flexibility index (Phi) is 2.45. The van der Waals surface area contributed by atoms with E-state index in [1.165, 1.54) is 0 Å². The Morgan fingerprint density at radius 1 is 1.29 bits per heavy atom. The smallest absolute Gasteiger partial charge is 0.182 e. The average molecular weight is 293 g/mol. The van der Waals surface area contributed by atoms with E-state index in [-0.39, 0.29) is 6.61 Å². The Bertz CT molecular complexity index is 694. The van der Waals surface area contributed by atoms with Crippen LogP contribution in [0.3, 0.4) is 0 Å². The summed E-state index contributed by atoms with van der Waals surface area (Å²) in [7, 11) is 0. The highest BCUT2D eigenvalue weighted by molar-refractivity contribution is 9.10. The van der Waals surface area contributed by atoms with E-state index in [1.54, 1.807) is 6.20 Å². The molecule has 0 spiro atoms. The molecule has 0 bridgehead atoms. The summed E-state index contributed by atoms with van der Waals surface area (Å²) in [4.78, 5) is 8.73. The van der Waals surface area contributed by atoms with E-state index in [1.807, 2.05) is 28.7 Å². The minimum Gasteiger partial charge on any atom is -0.390 e. The number of para-hydroxylation sites is 2. The minimum atomic E-state index is -0.107. The predicted molar refractivity (Wildman–Crippen MR) is 69.0 cm³/mol. The van der Waals surface area contributed by atoms with Gasteiger partial charge in [0.05, 0.1) is 23.3 Å². The average Bonchev–Trinajstić information content (AvgIpc) is 2.76. The van der Waals surface area contributed by atoms with E-state index in [2.05, 4.69) is 30.5 Å². The fraction of sp³-hybridized carbons (Fsp3) is 0.0909. The summed E-state index contributed by atoms with van der Waals surface area (Å²) in [6.45, 7) is -0.107. The second kappa shape index (κ2) is 3.97. The van der Waals surface area contributed by atoms with Gasteiger partial charge in [-0.2, -0.15) is 0 Å². The Morgan fingerprint density at radius 2 is 2.12 bits per heavy atom. The van der Waals surface area contributed by atoms with Crippen molar-refractivity contribution >= 4 is 38.6 Å². The summed E-state index contributed by atoms with van der Waals surface area (Å²) in [5.41, 5.74) is 3.19. The number of fused-ring (bicyclic) bond motifs is 3. The lowest BCUT2D eigenvalue weighted by molar-refractivity contribution is 0.276. The first-order valence-corrected chi connectivity index (χ1v) is 5.87. The third-order valence-corrected chi connectivity index (χ3v) is 2.97. The van der Waals surface area contributed by atoms with Gasteiger partial charge >= 0.3 is 0 Å². The molecule has 6 heteroatoms. The zero-order valence-corrected chi connectivity index (χ0v) is 10.3. The lowest BCUT2D eigenvalue weighted by atomic mass is 10.3. The summed E-state index contributed by atoms with van der Waals surface area (Å²) >= 11 is 3.15. The summed E-state index contributed by atoms with van der Waals surface area (Å²) < 4.78 is 4.73. The number of hydrogen-bond donors (Lipinski definition) is 2. The molecule has 2 N–H and O–H groups in total. The highest BCUT2D eigenvalue weighted by atomic mass is 79.9. The first-order valence-electron chi connectivity index (χ1n) is 5.07. The summed E-state index contributed by atoms with van der Waals surface area (Å²) in [6, 6.07) is 7.82. The first kappa shape index (κ1) is 10.5. The van der Waals surface area contributed by atoms with E-state index in [0.29, 0.717) is 11.5 Å². The minimum absolute atomic E-state index is 0.107. The third kappa shape index (κ3) is 1.57. The molecule has 3 rings (SSSR count). The lowest BCUT2D eigenvalue weighted by Gasteiger charge is -2.03. The van der Waals surface area contributed by atoms with E-state index < -0.39 is 0 Å². The van der Waals surface area contributed by atoms with Gasteiger partial charge in [0.1, 0.15) is 0 Å². The van der Waals surface area contributed by atoms with Crippen molar-refractivity contribution in [3.63, 3.8) is 0 Å². The number of aliphatic hydroxyl groups excluding tert-OH is 1. The van der Waals surface area contributed by atoms with Crippen LogP contribution in [-0.4, -0.2) is 19.5 Å². The molecule has 0 fully saturated rings. The standard InChI is InChI=1S/C11H9BrN4O/c12-15-10-11-14-8-3-1-2-4-9(8)16(11)5-7(6-17)13-10/h1-5,17H,6H2,(H,13,15). The number of imidazole rings is 1. The second-order valence-electron chi connectivity index (χ2n) is 3.63. The van der Waals surface area contributed by atoms with Crippen LogP contribution in [0.2, 0.25) is 0 Å². The maximum atomic E-state index is 9.19. The monoisotopic (exact) mass is 292 g/mol. The molecule has 1 aromatic carbocycles. The van der Waals surface area contributed by atoms with Crippen LogP contribution in [0, 0.1) is 0 Å². The molecule has 0 radical (unpaired) electrons. The van der Waals surface area contributed by atoms with Crippen molar-refractivity contribution in [2.45, 2.75) is 6.61 Å². The van der Waals surface area contributed by atoms with Crippen molar-refractivity contribution < 1.29 is 5.11 Å². The van der Waals surface area contributed by atoms with Crippen LogP contribution in [0.5, 0.6) is 0 Å². The van der Waals surface area contributed by atoms with Gasteiger partial charge in [0.2, 0.25) is 0 Å². The maximum Gasteiger partial charge on any atom is 0.182 e. The number of benzene rings is 1. The van der Waals surface area contributed by atoms with Crippen molar-refractivity contribution in [2.24, 2.45) is 0 Å². The molecular weight excluding hydrogens is 284 g/mol. The highest BCUT2D eigenvalue weighted by Crippen LogP contribution is 2.22. The number of aliphatic hydroxyl groups is 1. The number of anilines is 1. The molecule has 0 aliphatic carbocycles. The molecule has 2 aromatic heterocycles. The number of hydrogen-bond acceptors (Lipinski definition) is 4. The molecule has 17 heavy (non-hydrogen) atoms. The van der Waals surface area contributed by atoms with Gasteiger partial charge in [0, 0.05) is 22.3 Å². The molecule has 0 aliphatic rings. The predicted octanol–water partition coefficient (Wildman–Crippen LogP) is 2.10. The van der Waals surface area contributed by atoms with Gasteiger partial charge in [-0.25, -0.2) is 9.97 Å². The van der Waals surface area contributed by atoms with E-state index in [9.17, 15) is 5.11 Å². The number of rotatable bonds is 2. The fourth-order valence-electron chi connectivity index (χ4n) is 1.85. The molecule has 86 valence electrons. The second-order valence-corrected chi connectivity index (χ2v) is 4.02. The third-order valence-electron chi connectivity index (χ3n) is 2.59. The number of aromatic nitrogens is 3. The molecule has 0 aliphatic heterocycles. The van der Waals surface area contributed by atoms with Crippen molar-refractivity contribution in [3.8, 4) is 0 Å². The van der Waals surface area contributed by atoms with Crippen LogP contribution < -0.4 is 4.34 Å². The molecule has 0 amide bonds. The zero-order valence-electron chi connectivity index (χ0n) is 8.76. The van der Waals surface area contributed by atoms with Gasteiger partial charge in [-0.3, -0.25) is 4.40 Å². The highest BCUT2D eigenvalue weighted by Gasteiger charge is 2.10. The molecule has 0 unspecified atom stereocenters. The van der Waals surface area contributed by atoms with Crippen molar-refractivity contribution in [2.75, 3.05) is 4.34 Å². The van der Waals surface area contributed by atoms with Crippen LogP contribution in [-0.2, 0) is 6.61 Å². The molecule has 0 saturated heterocycles. The number of nitrogens with zero attached hydrogens (tertiary/aromatic N) is 3. The summed E-state index contributed by atoms with van der Waals surface area (Å²) in [5, 5.41) is 9.19. The summed E-state index contributed by atoms with van der Waals surface area (Å²) in [6.07, 6.45) is 1.79. The van der Waals surface area contributed by atoms with Gasteiger partial charge < -0.3 is 9.45 Å². The Labute approximate surface area is 105 Å². The van der Waals surface area contributed by atoms with Gasteiger partial charge in [-0.05, 0) is 12.1 Å². The number of halogens is 1. The first-order chi connectivity index (χ1) is 8.33. The van der Waals surface area contributed by atoms with Crippen LogP contribution >= 0.6 is 16.1 Å². The van der Waals surface area contributed by atoms with Gasteiger partial charge in [-0.15, -0.1) is 0 Å². The van der Waals surface area contributed by atoms with Gasteiger partial charge in [-0.1, -0.05) is 12.1 Å². The topological polar surface area (TPSA) is 62.5 Å². The SMILES string of the molecule is OCc1cn2c(nc3ccccc32)c(NBr)n1. The molecule has 2 heterocycles. The molecule has 5 nitrogen and oxygen atoms in total. The molecule has 0 saturated carbocycles. The number of nitrogens with one attached hydrogen (secondary N) is 1. The van der Waals surface area contributed by atoms with Crippen molar-refractivity contribution in [1.82, 2.24) is 14.4 Å². The van der Waals surface area contributed by atoms with Crippen molar-refractivity contribution in [3.05, 3.63) is 36.2 Å². The maximum absolute atomic E-state index is 9.19. The van der Waals surface area contributed by atoms with Crippen LogP contribution in [0.25, 0.3) is 16.7 Å². The largest absolute Gasteiger partial charge is 0.390 e. The van der Waals surface area contributed by atoms with Gasteiger partial charge in [0.25, 0.3) is 0 Å². The van der Waals surface area contributed by atoms with E-state index in [4.69, 9.17) is 0 Å². The molecular formula is C11H9BrN4O. The van der Waals surface area contributed by atoms with E-state index >= 15 is 0 Å². The Hall–Kier alpha value is -1.66. The van der Waals surface area contributed by atoms with Gasteiger partial charge in [0.15, 0.2) is 11.5 Å². The summed E-state index contributed by atoms with van der Waals surface area (Å²) in [5.74, 6) is 0.591. The Morgan fingerprint density at radius 3 is 2.88 bits per heavy atom. The van der Waals surface area contributed by atoms with E-state index in [0.717, 1.165) is 16.7 Å². The van der Waals surface area contributed by atoms with Crippen molar-refractivity contribution in [1.29, 1.82) is 0 Å². The van der Waals surface area contributed by atoms with Crippen LogP contribution in [0.4, 0.5) is 5.82 Å².